The van der Waals surface area contributed by atoms with Gasteiger partial charge in [0.05, 0.1) is 0 Å². The molecule has 1 aromatic carbocycles. The van der Waals surface area contributed by atoms with E-state index in [0.29, 0.717) is 24.5 Å². The van der Waals surface area contributed by atoms with Crippen molar-refractivity contribution in [1.82, 2.24) is 19.8 Å². The van der Waals surface area contributed by atoms with Crippen LogP contribution in [-0.2, 0) is 29.6 Å². The number of nitrogens with zero attached hydrogens (tertiary/aromatic N) is 3. The van der Waals surface area contributed by atoms with Crippen LogP contribution in [0.5, 0.6) is 0 Å². The molecule has 2 rings (SSSR count). The summed E-state index contributed by atoms with van der Waals surface area (Å²) in [6, 6.07) is 7.96. The van der Waals surface area contributed by atoms with Crippen molar-refractivity contribution >= 4 is 39.6 Å². The second-order valence-electron chi connectivity index (χ2n) is 6.06. The standard InChI is InChI=1S/C13H15N4O.C5H11NS2.Hg/c1-10-16-9-12(14)17(10)8-7-15-13(18)11-5-3-2-4-6-11;1-3-6(4-2)5(7)8;/h3-6,9H,7-8,14H2,1H3,(H,15,18);3-4H2,1-2H3,(H,7,8);/q;;+1/p-1. The SMILES string of the molecule is CCN(CC)C(=S)[S][Hg][c]1ccc(C(=O)NCCn2c(N)cnc2C)cc1. The summed E-state index contributed by atoms with van der Waals surface area (Å²) in [7, 11) is 1.87. The molecule has 0 aliphatic carbocycles. The van der Waals surface area contributed by atoms with Gasteiger partial charge in [-0.15, -0.1) is 0 Å². The van der Waals surface area contributed by atoms with Crippen LogP contribution in [0.25, 0.3) is 0 Å². The summed E-state index contributed by atoms with van der Waals surface area (Å²) in [4.78, 5) is 18.7. The number of nitrogens with one attached hydrogen (secondary N) is 1. The summed E-state index contributed by atoms with van der Waals surface area (Å²) >= 11 is 4.17. The third kappa shape index (κ3) is 6.46. The van der Waals surface area contributed by atoms with Gasteiger partial charge in [0.2, 0.25) is 0 Å². The number of anilines is 1. The fourth-order valence-corrected chi connectivity index (χ4v) is 14.0. The Bertz CT molecular complexity index is 755. The normalized spacial score (nSPS) is 10.3. The number of nitrogen functional groups attached to an aromatic ring is 1. The van der Waals surface area contributed by atoms with Crippen molar-refractivity contribution in [3.63, 3.8) is 0 Å². The quantitative estimate of drug-likeness (QED) is 0.362. The predicted octanol–water partition coefficient (Wildman–Crippen LogP) is 2.19. The maximum atomic E-state index is 12.3. The Kier molecular flexibility index (Phi) is 9.05. The molecular formula is C18H25HgN5OS2. The molecular weight excluding hydrogens is 567 g/mol. The maximum absolute atomic E-state index is 12.3. The van der Waals surface area contributed by atoms with E-state index < -0.39 is 23.1 Å². The van der Waals surface area contributed by atoms with E-state index in [0.717, 1.165) is 23.2 Å². The van der Waals surface area contributed by atoms with Crippen LogP contribution in [0.4, 0.5) is 5.82 Å². The Hall–Kier alpha value is -1.12. The number of aryl methyl sites for hydroxylation is 1. The number of imidazole rings is 1. The van der Waals surface area contributed by atoms with Crippen LogP contribution in [0.1, 0.15) is 30.0 Å². The van der Waals surface area contributed by atoms with E-state index in [1.807, 2.05) is 31.9 Å². The molecule has 1 amide bonds. The summed E-state index contributed by atoms with van der Waals surface area (Å²) in [5.74, 6) is 1.39. The van der Waals surface area contributed by atoms with Gasteiger partial charge in [0.15, 0.2) is 0 Å². The number of carbonyl (C=O) groups excluding carboxylic acids is 1. The van der Waals surface area contributed by atoms with Crippen LogP contribution in [0.2, 0.25) is 0 Å². The van der Waals surface area contributed by atoms with Crippen molar-refractivity contribution in [2.75, 3.05) is 25.4 Å². The van der Waals surface area contributed by atoms with Crippen LogP contribution in [0, 0.1) is 6.92 Å². The van der Waals surface area contributed by atoms with Gasteiger partial charge in [0, 0.05) is 0 Å². The molecule has 0 saturated heterocycles. The number of nitrogens with two attached hydrogens (primary N) is 1. The van der Waals surface area contributed by atoms with Gasteiger partial charge >= 0.3 is 182 Å². The summed E-state index contributed by atoms with van der Waals surface area (Å²) < 4.78 is 4.26. The molecule has 0 atom stereocenters. The third-order valence-corrected chi connectivity index (χ3v) is 18.9. The molecule has 0 radical (unpaired) electrons. The number of thiocarbonyl (C=S) groups is 1. The molecule has 142 valence electrons. The van der Waals surface area contributed by atoms with Gasteiger partial charge in [-0.1, -0.05) is 0 Å². The van der Waals surface area contributed by atoms with Crippen molar-refractivity contribution < 1.29 is 27.9 Å². The fraction of sp³-hybridized carbons (Fsp3) is 0.389. The van der Waals surface area contributed by atoms with Gasteiger partial charge in [-0.25, -0.2) is 0 Å². The topological polar surface area (TPSA) is 76.2 Å². The number of rotatable bonds is 8. The van der Waals surface area contributed by atoms with Crippen molar-refractivity contribution in [3.8, 4) is 0 Å². The van der Waals surface area contributed by atoms with Gasteiger partial charge in [-0.05, 0) is 0 Å². The Morgan fingerprint density at radius 2 is 2.00 bits per heavy atom. The van der Waals surface area contributed by atoms with Crippen LogP contribution in [-0.4, -0.2) is 44.3 Å². The number of carbonyl (C=O) groups is 1. The van der Waals surface area contributed by atoms with E-state index in [9.17, 15) is 4.79 Å². The number of amides is 1. The molecule has 1 aromatic heterocycles. The number of hydrogen-bond acceptors (Lipinski definition) is 5. The predicted molar refractivity (Wildman–Crippen MR) is 113 cm³/mol. The third-order valence-electron chi connectivity index (χ3n) is 4.31. The molecule has 0 aliphatic rings. The minimum atomic E-state index is -1.34. The molecule has 3 N–H and O–H groups in total. The second kappa shape index (κ2) is 11.0. The molecule has 0 aliphatic heterocycles. The molecule has 0 fully saturated rings. The zero-order valence-electron chi connectivity index (χ0n) is 16.1. The van der Waals surface area contributed by atoms with Crippen LogP contribution in [0.15, 0.2) is 30.5 Å². The summed E-state index contributed by atoms with van der Waals surface area (Å²) in [5, 5.41) is 2.93. The first-order chi connectivity index (χ1) is 13.0. The Balaban J connectivity index is 1.82. The monoisotopic (exact) mass is 593 g/mol. The van der Waals surface area contributed by atoms with Crippen molar-refractivity contribution in [2.45, 2.75) is 27.3 Å². The van der Waals surface area contributed by atoms with Crippen LogP contribution < -0.4 is 14.1 Å². The Morgan fingerprint density at radius 1 is 1.33 bits per heavy atom. The zero-order valence-corrected chi connectivity index (χ0v) is 23.2. The number of hydrogen-bond donors (Lipinski definition) is 2. The summed E-state index contributed by atoms with van der Waals surface area (Å²) in [5.41, 5.74) is 6.53. The molecule has 0 bridgehead atoms. The second-order valence-corrected chi connectivity index (χ2v) is 17.6. The van der Waals surface area contributed by atoms with Crippen LogP contribution >= 0.6 is 20.5 Å². The average Bonchev–Trinajstić information content (AvgIpc) is 2.99. The van der Waals surface area contributed by atoms with Gasteiger partial charge in [-0.2, -0.15) is 0 Å². The van der Waals surface area contributed by atoms with E-state index in [4.69, 9.17) is 18.0 Å². The van der Waals surface area contributed by atoms with E-state index in [-0.39, 0.29) is 5.91 Å². The molecule has 0 saturated carbocycles. The summed E-state index contributed by atoms with van der Waals surface area (Å²) in [6.07, 6.45) is 1.63. The van der Waals surface area contributed by atoms with Crippen molar-refractivity contribution in [1.29, 1.82) is 0 Å². The molecule has 6 nitrogen and oxygen atoms in total. The van der Waals surface area contributed by atoms with E-state index in [1.54, 1.807) is 6.20 Å². The van der Waals surface area contributed by atoms with Gasteiger partial charge in [0.25, 0.3) is 0 Å². The first-order valence-electron chi connectivity index (χ1n) is 9.02. The van der Waals surface area contributed by atoms with Gasteiger partial charge in [-0.3, -0.25) is 0 Å². The molecule has 2 aromatic rings. The molecule has 27 heavy (non-hydrogen) atoms. The molecule has 0 unspecified atom stereocenters. The molecule has 9 heteroatoms. The molecule has 1 heterocycles. The first kappa shape index (κ1) is 22.2. The Morgan fingerprint density at radius 3 is 2.56 bits per heavy atom. The number of aromatic nitrogens is 2. The summed E-state index contributed by atoms with van der Waals surface area (Å²) in [6.45, 7) is 9.19. The van der Waals surface area contributed by atoms with E-state index in [1.165, 1.54) is 3.07 Å². The zero-order chi connectivity index (χ0) is 19.8. The average molecular weight is 592 g/mol. The van der Waals surface area contributed by atoms with Gasteiger partial charge < -0.3 is 0 Å². The minimum absolute atomic E-state index is 0.0686. The van der Waals surface area contributed by atoms with E-state index in [2.05, 4.69) is 41.2 Å². The number of benzene rings is 1. The van der Waals surface area contributed by atoms with E-state index >= 15 is 0 Å². The molecule has 0 spiro atoms. The fourth-order valence-electron chi connectivity index (χ4n) is 2.63. The van der Waals surface area contributed by atoms with Crippen LogP contribution in [0.3, 0.4) is 0 Å². The van der Waals surface area contributed by atoms with Gasteiger partial charge in [0.1, 0.15) is 0 Å². The van der Waals surface area contributed by atoms with Crippen molar-refractivity contribution in [3.05, 3.63) is 41.9 Å². The Labute approximate surface area is 180 Å². The van der Waals surface area contributed by atoms with Crippen molar-refractivity contribution in [2.24, 2.45) is 0 Å². The first-order valence-corrected chi connectivity index (χ1v) is 19.9.